The predicted molar refractivity (Wildman–Crippen MR) is 72.1 cm³/mol. The minimum atomic E-state index is -0.865. The number of aliphatic hydroxyl groups is 1. The maximum atomic E-state index is 13.3. The summed E-state index contributed by atoms with van der Waals surface area (Å²) in [5.74, 6) is -0.710. The standard InChI is InChI=1S/C15H17FN2O/c1-10-5-6-11(16)8-12(10)15(19)13(9-17)14-4-2-3-7-18-14/h2-8,13,15,19H,9,17H2,1H3. The molecule has 2 aromatic rings. The lowest BCUT2D eigenvalue weighted by Gasteiger charge is -2.22. The highest BCUT2D eigenvalue weighted by atomic mass is 19.1. The van der Waals surface area contributed by atoms with Crippen molar-refractivity contribution in [2.24, 2.45) is 5.73 Å². The summed E-state index contributed by atoms with van der Waals surface area (Å²) in [4.78, 5) is 4.21. The van der Waals surface area contributed by atoms with Gasteiger partial charge in [0.2, 0.25) is 0 Å². The largest absolute Gasteiger partial charge is 0.388 e. The van der Waals surface area contributed by atoms with Gasteiger partial charge in [0.1, 0.15) is 5.82 Å². The van der Waals surface area contributed by atoms with Crippen LogP contribution in [0, 0.1) is 12.7 Å². The van der Waals surface area contributed by atoms with Crippen LogP contribution in [0.25, 0.3) is 0 Å². The van der Waals surface area contributed by atoms with E-state index >= 15 is 0 Å². The molecule has 2 rings (SSSR count). The predicted octanol–water partition coefficient (Wildman–Crippen LogP) is 2.31. The van der Waals surface area contributed by atoms with Gasteiger partial charge in [0.25, 0.3) is 0 Å². The van der Waals surface area contributed by atoms with E-state index in [2.05, 4.69) is 4.98 Å². The van der Waals surface area contributed by atoms with Gasteiger partial charge in [-0.05, 0) is 42.3 Å². The van der Waals surface area contributed by atoms with Crippen LogP contribution in [0.1, 0.15) is 28.8 Å². The summed E-state index contributed by atoms with van der Waals surface area (Å²) >= 11 is 0. The molecule has 4 heteroatoms. The Kier molecular flexibility index (Phi) is 4.24. The number of halogens is 1. The zero-order valence-corrected chi connectivity index (χ0v) is 10.8. The molecule has 0 fully saturated rings. The van der Waals surface area contributed by atoms with Crippen molar-refractivity contribution in [2.75, 3.05) is 6.54 Å². The molecule has 0 radical (unpaired) electrons. The maximum absolute atomic E-state index is 13.3. The Bertz CT molecular complexity index is 545. The van der Waals surface area contributed by atoms with Crippen molar-refractivity contribution >= 4 is 0 Å². The second-order valence-electron chi connectivity index (χ2n) is 4.54. The molecule has 1 aromatic heterocycles. The van der Waals surface area contributed by atoms with Gasteiger partial charge in [-0.1, -0.05) is 12.1 Å². The van der Waals surface area contributed by atoms with Crippen LogP contribution in [0.2, 0.25) is 0 Å². The van der Waals surface area contributed by atoms with Gasteiger partial charge >= 0.3 is 0 Å². The summed E-state index contributed by atoms with van der Waals surface area (Å²) in [6.45, 7) is 2.08. The van der Waals surface area contributed by atoms with Crippen LogP contribution in [0.15, 0.2) is 42.6 Å². The Labute approximate surface area is 111 Å². The smallest absolute Gasteiger partial charge is 0.123 e. The van der Waals surface area contributed by atoms with Gasteiger partial charge in [-0.2, -0.15) is 0 Å². The molecule has 19 heavy (non-hydrogen) atoms. The first-order valence-corrected chi connectivity index (χ1v) is 6.18. The molecule has 0 saturated carbocycles. The van der Waals surface area contributed by atoms with Crippen molar-refractivity contribution < 1.29 is 9.50 Å². The molecule has 0 bridgehead atoms. The Morgan fingerprint density at radius 1 is 1.32 bits per heavy atom. The van der Waals surface area contributed by atoms with Crippen LogP contribution in [0.4, 0.5) is 4.39 Å². The Balaban J connectivity index is 2.36. The van der Waals surface area contributed by atoms with Gasteiger partial charge in [0.05, 0.1) is 6.10 Å². The van der Waals surface area contributed by atoms with Gasteiger partial charge in [-0.3, -0.25) is 4.98 Å². The van der Waals surface area contributed by atoms with E-state index in [1.54, 1.807) is 18.3 Å². The quantitative estimate of drug-likeness (QED) is 0.886. The summed E-state index contributed by atoms with van der Waals surface area (Å²) in [5, 5.41) is 10.5. The fraction of sp³-hybridized carbons (Fsp3) is 0.267. The first-order chi connectivity index (χ1) is 9.13. The number of hydrogen-bond donors (Lipinski definition) is 2. The average Bonchev–Trinajstić information content (AvgIpc) is 2.43. The number of rotatable bonds is 4. The van der Waals surface area contributed by atoms with E-state index in [9.17, 15) is 9.50 Å². The van der Waals surface area contributed by atoms with Crippen LogP contribution in [0.5, 0.6) is 0 Å². The van der Waals surface area contributed by atoms with E-state index in [0.717, 1.165) is 5.56 Å². The highest BCUT2D eigenvalue weighted by Gasteiger charge is 2.24. The lowest BCUT2D eigenvalue weighted by molar-refractivity contribution is 0.144. The minimum absolute atomic E-state index is 0.244. The third-order valence-corrected chi connectivity index (χ3v) is 3.26. The second kappa shape index (κ2) is 5.91. The van der Waals surface area contributed by atoms with Crippen molar-refractivity contribution in [3.63, 3.8) is 0 Å². The monoisotopic (exact) mass is 260 g/mol. The first-order valence-electron chi connectivity index (χ1n) is 6.18. The lowest BCUT2D eigenvalue weighted by atomic mass is 9.90. The molecule has 100 valence electrons. The summed E-state index contributed by atoms with van der Waals surface area (Å²) in [7, 11) is 0. The number of aromatic nitrogens is 1. The van der Waals surface area contributed by atoms with Crippen LogP contribution in [-0.2, 0) is 0 Å². The number of aliphatic hydroxyl groups excluding tert-OH is 1. The third-order valence-electron chi connectivity index (χ3n) is 3.26. The van der Waals surface area contributed by atoms with Gasteiger partial charge < -0.3 is 10.8 Å². The molecule has 0 spiro atoms. The second-order valence-corrected chi connectivity index (χ2v) is 4.54. The number of hydrogen-bond acceptors (Lipinski definition) is 3. The van der Waals surface area contributed by atoms with Crippen LogP contribution in [0.3, 0.4) is 0 Å². The Hall–Kier alpha value is -1.78. The van der Waals surface area contributed by atoms with Gasteiger partial charge in [-0.15, -0.1) is 0 Å². The summed E-state index contributed by atoms with van der Waals surface area (Å²) < 4.78 is 13.3. The first kappa shape index (κ1) is 13.6. The number of pyridine rings is 1. The third kappa shape index (κ3) is 2.97. The van der Waals surface area contributed by atoms with Crippen LogP contribution in [-0.4, -0.2) is 16.6 Å². The molecule has 2 unspecified atom stereocenters. The zero-order chi connectivity index (χ0) is 13.8. The molecule has 3 nitrogen and oxygen atoms in total. The molecule has 0 aliphatic carbocycles. The van der Waals surface area contributed by atoms with Gasteiger partial charge in [0, 0.05) is 24.4 Å². The van der Waals surface area contributed by atoms with Crippen LogP contribution < -0.4 is 5.73 Å². The topological polar surface area (TPSA) is 59.1 Å². The summed E-state index contributed by atoms with van der Waals surface area (Å²) in [6.07, 6.45) is 0.791. The van der Waals surface area contributed by atoms with Gasteiger partial charge in [0.15, 0.2) is 0 Å². The van der Waals surface area contributed by atoms with Crippen molar-refractivity contribution in [3.05, 3.63) is 65.2 Å². The molecule has 0 aliphatic rings. The van der Waals surface area contributed by atoms with Crippen molar-refractivity contribution in [1.29, 1.82) is 0 Å². The molecule has 3 N–H and O–H groups in total. The minimum Gasteiger partial charge on any atom is -0.388 e. The molecule has 0 amide bonds. The van der Waals surface area contributed by atoms with E-state index in [4.69, 9.17) is 5.73 Å². The molecular weight excluding hydrogens is 243 g/mol. The Morgan fingerprint density at radius 3 is 2.74 bits per heavy atom. The normalized spacial score (nSPS) is 14.1. The molecular formula is C15H17FN2O. The molecule has 2 atom stereocenters. The van der Waals surface area contributed by atoms with E-state index < -0.39 is 6.10 Å². The highest BCUT2D eigenvalue weighted by Crippen LogP contribution is 2.31. The fourth-order valence-electron chi connectivity index (χ4n) is 2.15. The van der Waals surface area contributed by atoms with E-state index in [0.29, 0.717) is 11.3 Å². The SMILES string of the molecule is Cc1ccc(F)cc1C(O)C(CN)c1ccccn1. The number of benzene rings is 1. The zero-order valence-electron chi connectivity index (χ0n) is 10.8. The van der Waals surface area contributed by atoms with Crippen molar-refractivity contribution in [1.82, 2.24) is 4.98 Å². The number of aryl methyl sites for hydroxylation is 1. The highest BCUT2D eigenvalue weighted by molar-refractivity contribution is 5.31. The van der Waals surface area contributed by atoms with E-state index in [1.165, 1.54) is 12.1 Å². The van der Waals surface area contributed by atoms with Gasteiger partial charge in [-0.25, -0.2) is 4.39 Å². The number of nitrogens with two attached hydrogens (primary N) is 1. The average molecular weight is 260 g/mol. The fourth-order valence-corrected chi connectivity index (χ4v) is 2.15. The summed E-state index contributed by atoms with van der Waals surface area (Å²) in [5.41, 5.74) is 7.84. The molecule has 0 aliphatic heterocycles. The van der Waals surface area contributed by atoms with E-state index in [1.807, 2.05) is 19.1 Å². The Morgan fingerprint density at radius 2 is 2.11 bits per heavy atom. The molecule has 1 heterocycles. The maximum Gasteiger partial charge on any atom is 0.123 e. The van der Waals surface area contributed by atoms with E-state index in [-0.39, 0.29) is 18.3 Å². The number of nitrogens with zero attached hydrogens (tertiary/aromatic N) is 1. The van der Waals surface area contributed by atoms with Crippen molar-refractivity contribution in [3.8, 4) is 0 Å². The summed E-state index contributed by atoms with van der Waals surface area (Å²) in [6, 6.07) is 9.84. The van der Waals surface area contributed by atoms with Crippen LogP contribution >= 0.6 is 0 Å². The lowest BCUT2D eigenvalue weighted by Crippen LogP contribution is -2.21. The van der Waals surface area contributed by atoms with Crippen molar-refractivity contribution in [2.45, 2.75) is 18.9 Å². The molecule has 0 saturated heterocycles. The molecule has 1 aromatic carbocycles.